The minimum atomic E-state index is -0.192. The van der Waals surface area contributed by atoms with Crippen molar-refractivity contribution in [3.05, 3.63) is 22.4 Å². The smallest absolute Gasteiger partial charge is 0.239 e. The first kappa shape index (κ1) is 17.7. The van der Waals surface area contributed by atoms with Gasteiger partial charge in [-0.3, -0.25) is 4.79 Å². The predicted octanol–water partition coefficient (Wildman–Crippen LogP) is 2.48. The number of thiophene rings is 1. The number of halogens is 1. The number of carbonyl (C=O) groups excluding carboxylic acids is 1. The van der Waals surface area contributed by atoms with Crippen LogP contribution in [0.25, 0.3) is 0 Å². The molecule has 1 saturated heterocycles. The molecule has 2 heterocycles. The number of rotatable bonds is 4. The van der Waals surface area contributed by atoms with Crippen molar-refractivity contribution >= 4 is 29.7 Å². The molecule has 1 unspecified atom stereocenters. The lowest BCUT2D eigenvalue weighted by atomic mass is 9.73. The van der Waals surface area contributed by atoms with Crippen molar-refractivity contribution in [2.45, 2.75) is 43.6 Å². The maximum absolute atomic E-state index is 12.3. The predicted molar refractivity (Wildman–Crippen MR) is 91.9 cm³/mol. The second-order valence-electron chi connectivity index (χ2n) is 6.12. The highest BCUT2D eigenvalue weighted by Crippen LogP contribution is 2.41. The van der Waals surface area contributed by atoms with Crippen LogP contribution in [0.3, 0.4) is 0 Å². The van der Waals surface area contributed by atoms with Crippen molar-refractivity contribution in [3.8, 4) is 0 Å². The minimum absolute atomic E-state index is 0. The third-order valence-corrected chi connectivity index (χ3v) is 5.81. The SMILES string of the molecule is Cl.O=C(NCC1(c2cccs2)CCCCC1)C1COCCN1. The summed E-state index contributed by atoms with van der Waals surface area (Å²) in [6.45, 7) is 2.69. The van der Waals surface area contributed by atoms with Crippen molar-refractivity contribution in [2.75, 3.05) is 26.3 Å². The van der Waals surface area contributed by atoms with Crippen molar-refractivity contribution in [1.29, 1.82) is 0 Å². The van der Waals surface area contributed by atoms with E-state index in [1.807, 2.05) is 11.3 Å². The number of carbonyl (C=O) groups is 1. The van der Waals surface area contributed by atoms with E-state index in [9.17, 15) is 4.79 Å². The fourth-order valence-corrected chi connectivity index (χ4v) is 4.42. The second-order valence-corrected chi connectivity index (χ2v) is 7.07. The summed E-state index contributed by atoms with van der Waals surface area (Å²) < 4.78 is 5.37. The Balaban J connectivity index is 0.00000176. The van der Waals surface area contributed by atoms with E-state index in [-0.39, 0.29) is 29.8 Å². The van der Waals surface area contributed by atoms with Crippen LogP contribution in [-0.2, 0) is 14.9 Å². The molecular weight excluding hydrogens is 320 g/mol. The van der Waals surface area contributed by atoms with Crippen LogP contribution in [0, 0.1) is 0 Å². The quantitative estimate of drug-likeness (QED) is 0.882. The molecule has 2 aliphatic rings. The molecule has 4 nitrogen and oxygen atoms in total. The van der Waals surface area contributed by atoms with Crippen LogP contribution >= 0.6 is 23.7 Å². The molecule has 1 saturated carbocycles. The van der Waals surface area contributed by atoms with Crippen LogP contribution in [0.4, 0.5) is 0 Å². The van der Waals surface area contributed by atoms with Gasteiger partial charge in [0.05, 0.1) is 13.2 Å². The molecule has 1 amide bonds. The fourth-order valence-electron chi connectivity index (χ4n) is 3.43. The standard InChI is InChI=1S/C16H24N2O2S.ClH/c19-15(13-11-20-9-8-17-13)18-12-16(6-2-1-3-7-16)14-5-4-10-21-14;/h4-5,10,13,17H,1-3,6-9,11-12H2,(H,18,19);1H. The number of hydrogen-bond acceptors (Lipinski definition) is 4. The number of morpholine rings is 1. The molecule has 3 rings (SSSR count). The average molecular weight is 345 g/mol. The Labute approximate surface area is 142 Å². The van der Waals surface area contributed by atoms with Gasteiger partial charge in [0.25, 0.3) is 0 Å². The third-order valence-electron chi connectivity index (χ3n) is 4.69. The molecule has 1 aliphatic heterocycles. The van der Waals surface area contributed by atoms with Gasteiger partial charge in [-0.2, -0.15) is 0 Å². The number of ether oxygens (including phenoxy) is 1. The maximum atomic E-state index is 12.3. The maximum Gasteiger partial charge on any atom is 0.239 e. The van der Waals surface area contributed by atoms with Crippen LogP contribution in [0.5, 0.6) is 0 Å². The van der Waals surface area contributed by atoms with Crippen LogP contribution in [0.1, 0.15) is 37.0 Å². The van der Waals surface area contributed by atoms with Gasteiger partial charge in [-0.05, 0) is 24.3 Å². The van der Waals surface area contributed by atoms with E-state index in [1.54, 1.807) is 0 Å². The lowest BCUT2D eigenvalue weighted by molar-refractivity contribution is -0.126. The van der Waals surface area contributed by atoms with Gasteiger partial charge in [-0.1, -0.05) is 25.3 Å². The van der Waals surface area contributed by atoms with Crippen molar-refractivity contribution < 1.29 is 9.53 Å². The van der Waals surface area contributed by atoms with Crippen LogP contribution in [-0.4, -0.2) is 38.3 Å². The van der Waals surface area contributed by atoms with Crippen LogP contribution in [0.15, 0.2) is 17.5 Å². The zero-order chi connectivity index (χ0) is 14.5. The molecule has 124 valence electrons. The fraction of sp³-hybridized carbons (Fsp3) is 0.688. The summed E-state index contributed by atoms with van der Waals surface area (Å²) in [7, 11) is 0. The molecule has 1 aromatic heterocycles. The van der Waals surface area contributed by atoms with E-state index in [2.05, 4.69) is 28.1 Å². The zero-order valence-corrected chi connectivity index (χ0v) is 14.4. The van der Waals surface area contributed by atoms with E-state index < -0.39 is 0 Å². The second kappa shape index (κ2) is 8.29. The number of hydrogen-bond donors (Lipinski definition) is 2. The van der Waals surface area contributed by atoms with E-state index in [4.69, 9.17) is 4.74 Å². The summed E-state index contributed by atoms with van der Waals surface area (Å²) >= 11 is 1.82. The lowest BCUT2D eigenvalue weighted by Gasteiger charge is -2.37. The molecular formula is C16H25ClN2O2S. The van der Waals surface area contributed by atoms with E-state index >= 15 is 0 Å². The highest BCUT2D eigenvalue weighted by molar-refractivity contribution is 7.10. The minimum Gasteiger partial charge on any atom is -0.378 e. The van der Waals surface area contributed by atoms with Gasteiger partial charge in [0, 0.05) is 23.4 Å². The topological polar surface area (TPSA) is 50.4 Å². The van der Waals surface area contributed by atoms with Gasteiger partial charge >= 0.3 is 0 Å². The van der Waals surface area contributed by atoms with E-state index in [0.29, 0.717) is 13.2 Å². The first-order valence-electron chi connectivity index (χ1n) is 7.93. The largest absolute Gasteiger partial charge is 0.378 e. The number of amides is 1. The molecule has 2 fully saturated rings. The molecule has 6 heteroatoms. The first-order valence-corrected chi connectivity index (χ1v) is 8.81. The van der Waals surface area contributed by atoms with Crippen LogP contribution in [0.2, 0.25) is 0 Å². The summed E-state index contributed by atoms with van der Waals surface area (Å²) in [5.74, 6) is 0.0798. The average Bonchev–Trinajstić information content (AvgIpc) is 3.09. The van der Waals surface area contributed by atoms with Crippen molar-refractivity contribution in [1.82, 2.24) is 10.6 Å². The summed E-state index contributed by atoms with van der Waals surface area (Å²) in [4.78, 5) is 13.7. The van der Waals surface area contributed by atoms with Gasteiger partial charge in [-0.15, -0.1) is 23.7 Å². The van der Waals surface area contributed by atoms with Crippen LogP contribution < -0.4 is 10.6 Å². The third kappa shape index (κ3) is 4.02. The van der Waals surface area contributed by atoms with Gasteiger partial charge in [-0.25, -0.2) is 0 Å². The molecule has 1 aliphatic carbocycles. The molecule has 0 aromatic carbocycles. The Morgan fingerprint density at radius 3 is 2.86 bits per heavy atom. The number of nitrogens with one attached hydrogen (secondary N) is 2. The van der Waals surface area contributed by atoms with Crippen molar-refractivity contribution in [3.63, 3.8) is 0 Å². The Bertz CT molecular complexity index is 455. The molecule has 22 heavy (non-hydrogen) atoms. The molecule has 0 spiro atoms. The van der Waals surface area contributed by atoms with Gasteiger partial charge in [0.15, 0.2) is 0 Å². The zero-order valence-electron chi connectivity index (χ0n) is 12.8. The molecule has 0 radical (unpaired) electrons. The van der Waals surface area contributed by atoms with Gasteiger partial charge < -0.3 is 15.4 Å². The Hall–Kier alpha value is -0.620. The van der Waals surface area contributed by atoms with E-state index in [1.165, 1.54) is 37.0 Å². The Morgan fingerprint density at radius 1 is 1.41 bits per heavy atom. The monoisotopic (exact) mass is 344 g/mol. The Kier molecular flexibility index (Phi) is 6.68. The summed E-state index contributed by atoms with van der Waals surface area (Å²) in [5, 5.41) is 8.54. The highest BCUT2D eigenvalue weighted by atomic mass is 35.5. The summed E-state index contributed by atoms with van der Waals surface area (Å²) in [6.07, 6.45) is 6.21. The van der Waals surface area contributed by atoms with Gasteiger partial charge in [0.2, 0.25) is 5.91 Å². The highest BCUT2D eigenvalue weighted by Gasteiger charge is 2.35. The molecule has 1 atom stereocenters. The summed E-state index contributed by atoms with van der Waals surface area (Å²) in [5.41, 5.74) is 0.150. The molecule has 0 bridgehead atoms. The van der Waals surface area contributed by atoms with Crippen molar-refractivity contribution in [2.24, 2.45) is 0 Å². The Morgan fingerprint density at radius 2 is 2.23 bits per heavy atom. The molecule has 2 N–H and O–H groups in total. The first-order chi connectivity index (χ1) is 10.3. The summed E-state index contributed by atoms with van der Waals surface area (Å²) in [6, 6.07) is 4.15. The van der Waals surface area contributed by atoms with E-state index in [0.717, 1.165) is 13.1 Å². The normalized spacial score (nSPS) is 24.3. The molecule has 1 aromatic rings. The lowest BCUT2D eigenvalue weighted by Crippen LogP contribution is -2.53. The van der Waals surface area contributed by atoms with Gasteiger partial charge in [0.1, 0.15) is 6.04 Å².